The molecule has 1 saturated carbocycles. The molecule has 0 amide bonds. The third-order valence-electron chi connectivity index (χ3n) is 6.78. The Morgan fingerprint density at radius 3 is 2.00 bits per heavy atom. The monoisotopic (exact) mass is 322 g/mol. The zero-order valence-electron chi connectivity index (χ0n) is 16.6. The molecule has 1 aromatic rings. The van der Waals surface area contributed by atoms with Crippen molar-refractivity contribution in [1.29, 1.82) is 0 Å². The fraction of sp³-hybridized carbons (Fsp3) is 0.583. The lowest BCUT2D eigenvalue weighted by atomic mass is 9.62. The van der Waals surface area contributed by atoms with Gasteiger partial charge in [0.25, 0.3) is 0 Å². The van der Waals surface area contributed by atoms with Crippen molar-refractivity contribution in [3.8, 4) is 0 Å². The van der Waals surface area contributed by atoms with Crippen LogP contribution in [0.25, 0.3) is 0 Å². The van der Waals surface area contributed by atoms with Crippen LogP contribution in [0.5, 0.6) is 0 Å². The smallest absolute Gasteiger partial charge is 0.00558 e. The molecular formula is C24H34. The van der Waals surface area contributed by atoms with E-state index in [0.29, 0.717) is 16.2 Å². The molecule has 2 aliphatic rings. The molecule has 0 aliphatic heterocycles. The van der Waals surface area contributed by atoms with Crippen LogP contribution < -0.4 is 0 Å². The van der Waals surface area contributed by atoms with Gasteiger partial charge in [0.05, 0.1) is 0 Å². The maximum absolute atomic E-state index is 3.94. The van der Waals surface area contributed by atoms with E-state index in [1.807, 2.05) is 6.08 Å². The predicted molar refractivity (Wildman–Crippen MR) is 106 cm³/mol. The molecule has 0 saturated heterocycles. The Morgan fingerprint density at radius 2 is 1.50 bits per heavy atom. The number of hydrogen-bond donors (Lipinski definition) is 0. The van der Waals surface area contributed by atoms with Crippen molar-refractivity contribution in [3.05, 3.63) is 58.7 Å². The average Bonchev–Trinajstić information content (AvgIpc) is 3.24. The summed E-state index contributed by atoms with van der Waals surface area (Å²) in [7, 11) is 0. The summed E-state index contributed by atoms with van der Waals surface area (Å²) in [6.45, 7) is 18.3. The summed E-state index contributed by atoms with van der Waals surface area (Å²) in [6.07, 6.45) is 10.5. The molecule has 0 spiro atoms. The van der Waals surface area contributed by atoms with Crippen LogP contribution in [0.3, 0.4) is 0 Å². The Kier molecular flexibility index (Phi) is 4.10. The molecule has 1 aromatic carbocycles. The third kappa shape index (κ3) is 3.01. The fourth-order valence-corrected chi connectivity index (χ4v) is 4.29. The normalized spacial score (nSPS) is 23.5. The molecule has 0 heterocycles. The first kappa shape index (κ1) is 17.5. The van der Waals surface area contributed by atoms with Gasteiger partial charge >= 0.3 is 0 Å². The lowest BCUT2D eigenvalue weighted by Gasteiger charge is -2.42. The number of allylic oxidation sites excluding steroid dienone is 3. The minimum absolute atomic E-state index is 0.291. The maximum Gasteiger partial charge on any atom is -0.00558 e. The van der Waals surface area contributed by atoms with E-state index in [0.717, 1.165) is 6.42 Å². The van der Waals surface area contributed by atoms with E-state index in [1.165, 1.54) is 36.8 Å². The topological polar surface area (TPSA) is 0 Å². The molecule has 0 atom stereocenters. The van der Waals surface area contributed by atoms with Crippen molar-refractivity contribution < 1.29 is 0 Å². The van der Waals surface area contributed by atoms with E-state index in [9.17, 15) is 0 Å². The number of benzene rings is 1. The van der Waals surface area contributed by atoms with Gasteiger partial charge in [-0.3, -0.25) is 0 Å². The van der Waals surface area contributed by atoms with Gasteiger partial charge in [0.1, 0.15) is 0 Å². The Labute approximate surface area is 149 Å². The second-order valence-corrected chi connectivity index (χ2v) is 9.76. The van der Waals surface area contributed by atoms with Crippen LogP contribution in [-0.4, -0.2) is 0 Å². The van der Waals surface area contributed by atoms with Gasteiger partial charge in [-0.05, 0) is 77.5 Å². The molecular weight excluding hydrogens is 288 g/mol. The number of hydrogen-bond acceptors (Lipinski definition) is 0. The van der Waals surface area contributed by atoms with Gasteiger partial charge in [0.2, 0.25) is 0 Å². The van der Waals surface area contributed by atoms with Gasteiger partial charge in [0.15, 0.2) is 0 Å². The summed E-state index contributed by atoms with van der Waals surface area (Å²) in [6, 6.07) is 5.03. The van der Waals surface area contributed by atoms with Crippen LogP contribution >= 0.6 is 0 Å². The molecule has 24 heavy (non-hydrogen) atoms. The highest BCUT2D eigenvalue weighted by Crippen LogP contribution is 2.53. The minimum Gasteiger partial charge on any atom is -0.0991 e. The highest BCUT2D eigenvalue weighted by Gasteiger charge is 2.41. The van der Waals surface area contributed by atoms with Crippen molar-refractivity contribution in [1.82, 2.24) is 0 Å². The van der Waals surface area contributed by atoms with Crippen molar-refractivity contribution in [3.63, 3.8) is 0 Å². The van der Waals surface area contributed by atoms with E-state index in [4.69, 9.17) is 0 Å². The van der Waals surface area contributed by atoms with Crippen LogP contribution in [-0.2, 0) is 17.3 Å². The van der Waals surface area contributed by atoms with Gasteiger partial charge in [-0.1, -0.05) is 71.1 Å². The summed E-state index contributed by atoms with van der Waals surface area (Å²) in [5, 5.41) is 0. The van der Waals surface area contributed by atoms with Crippen LogP contribution in [0.1, 0.15) is 82.6 Å². The molecule has 0 bridgehead atoms. The van der Waals surface area contributed by atoms with Crippen LogP contribution in [0.2, 0.25) is 0 Å². The highest BCUT2D eigenvalue weighted by atomic mass is 14.5. The van der Waals surface area contributed by atoms with Crippen LogP contribution in [0.15, 0.2) is 36.4 Å². The molecule has 0 radical (unpaired) electrons. The van der Waals surface area contributed by atoms with Gasteiger partial charge < -0.3 is 0 Å². The zero-order valence-corrected chi connectivity index (χ0v) is 16.6. The predicted octanol–water partition coefficient (Wildman–Crippen LogP) is 6.80. The lowest BCUT2D eigenvalue weighted by molar-refractivity contribution is 0.331. The summed E-state index contributed by atoms with van der Waals surface area (Å²) in [5.41, 5.74) is 8.71. The Bertz CT molecular complexity index is 693. The molecule has 0 N–H and O–H groups in total. The Hall–Kier alpha value is -1.30. The second-order valence-electron chi connectivity index (χ2n) is 9.76. The molecule has 0 nitrogen and oxygen atoms in total. The van der Waals surface area contributed by atoms with Crippen LogP contribution in [0, 0.1) is 12.3 Å². The molecule has 3 rings (SSSR count). The van der Waals surface area contributed by atoms with E-state index < -0.39 is 0 Å². The van der Waals surface area contributed by atoms with Gasteiger partial charge in [0, 0.05) is 0 Å². The standard InChI is InChI=1S/C24H34/c1-8-9-19(24(7)12-13-24)15-18-16-21-20(14-17(18)2)22(3,4)10-11-23(21,5)6/h8-9,14,16H,1,10-13,15H2,2-7H3/b19-9-. The van der Waals surface area contributed by atoms with Crippen molar-refractivity contribution in [2.24, 2.45) is 5.41 Å². The van der Waals surface area contributed by atoms with E-state index in [-0.39, 0.29) is 0 Å². The SMILES string of the molecule is C=C/C=C(/Cc1cc2c(cc1C)C(C)(C)CCC2(C)C)C1(C)CC1. The molecule has 0 heteroatoms. The quantitative estimate of drug-likeness (QED) is 0.535. The second kappa shape index (κ2) is 5.61. The molecule has 1 fully saturated rings. The first-order valence-corrected chi connectivity index (χ1v) is 9.56. The van der Waals surface area contributed by atoms with E-state index in [2.05, 4.69) is 66.3 Å². The van der Waals surface area contributed by atoms with Crippen molar-refractivity contribution >= 4 is 0 Å². The first-order chi connectivity index (χ1) is 11.1. The summed E-state index contributed by atoms with van der Waals surface area (Å²) in [4.78, 5) is 0. The fourth-order valence-electron chi connectivity index (χ4n) is 4.29. The summed E-state index contributed by atoms with van der Waals surface area (Å²) >= 11 is 0. The van der Waals surface area contributed by atoms with Crippen LogP contribution in [0.4, 0.5) is 0 Å². The largest absolute Gasteiger partial charge is 0.0991 e. The summed E-state index contributed by atoms with van der Waals surface area (Å²) in [5.74, 6) is 0. The van der Waals surface area contributed by atoms with Gasteiger partial charge in [-0.2, -0.15) is 0 Å². The molecule has 0 unspecified atom stereocenters. The zero-order chi connectivity index (χ0) is 17.8. The molecule has 2 aliphatic carbocycles. The Balaban J connectivity index is 2.05. The molecule has 130 valence electrons. The number of aryl methyl sites for hydroxylation is 1. The number of rotatable bonds is 4. The van der Waals surface area contributed by atoms with Crippen molar-refractivity contribution in [2.75, 3.05) is 0 Å². The highest BCUT2D eigenvalue weighted by molar-refractivity contribution is 5.48. The third-order valence-corrected chi connectivity index (χ3v) is 6.78. The van der Waals surface area contributed by atoms with Gasteiger partial charge in [-0.25, -0.2) is 0 Å². The Morgan fingerprint density at radius 1 is 0.958 bits per heavy atom. The van der Waals surface area contributed by atoms with E-state index >= 15 is 0 Å². The number of fused-ring (bicyclic) bond motifs is 1. The average molecular weight is 323 g/mol. The van der Waals surface area contributed by atoms with Crippen molar-refractivity contribution in [2.45, 2.75) is 84.5 Å². The van der Waals surface area contributed by atoms with Gasteiger partial charge in [-0.15, -0.1) is 0 Å². The maximum atomic E-state index is 3.94. The first-order valence-electron chi connectivity index (χ1n) is 9.56. The molecule has 0 aromatic heterocycles. The lowest BCUT2D eigenvalue weighted by Crippen LogP contribution is -2.34. The summed E-state index contributed by atoms with van der Waals surface area (Å²) < 4.78 is 0. The minimum atomic E-state index is 0.291. The van der Waals surface area contributed by atoms with E-state index in [1.54, 1.807) is 16.7 Å².